The Kier molecular flexibility index (Phi) is 4.96. The molecule has 0 heterocycles. The van der Waals surface area contributed by atoms with Crippen molar-refractivity contribution in [3.63, 3.8) is 0 Å². The van der Waals surface area contributed by atoms with E-state index in [0.29, 0.717) is 5.75 Å². The van der Waals surface area contributed by atoms with Crippen LogP contribution >= 0.6 is 15.9 Å². The van der Waals surface area contributed by atoms with E-state index >= 15 is 0 Å². The minimum atomic E-state index is -0.551. The molecule has 0 aliphatic carbocycles. The van der Waals surface area contributed by atoms with Crippen LogP contribution in [0.1, 0.15) is 0 Å². The number of nitrogens with two attached hydrogens (primary N) is 1. The number of nitrogens with zero attached hydrogens (tertiary/aromatic N) is 1. The summed E-state index contributed by atoms with van der Waals surface area (Å²) in [5, 5.41) is 0. The standard InChI is InChI=1S/C11H13BrN2O3/c1-14(6-10(13)15)11(16)7-17-9-4-2-8(12)3-5-9/h2-5H,6-7H2,1H3,(H2,13,15). The fourth-order valence-corrected chi connectivity index (χ4v) is 1.37. The molecule has 1 aromatic rings. The number of carbonyl (C=O) groups excluding carboxylic acids is 2. The van der Waals surface area contributed by atoms with Crippen LogP contribution in [-0.2, 0) is 9.59 Å². The average molecular weight is 301 g/mol. The van der Waals surface area contributed by atoms with E-state index < -0.39 is 5.91 Å². The molecule has 0 atom stereocenters. The van der Waals surface area contributed by atoms with Crippen LogP contribution in [0.25, 0.3) is 0 Å². The zero-order valence-corrected chi connectivity index (χ0v) is 10.9. The summed E-state index contributed by atoms with van der Waals surface area (Å²) in [6.45, 7) is -0.228. The fourth-order valence-electron chi connectivity index (χ4n) is 1.11. The summed E-state index contributed by atoms with van der Waals surface area (Å²) in [6, 6.07) is 7.11. The zero-order valence-electron chi connectivity index (χ0n) is 9.35. The highest BCUT2D eigenvalue weighted by molar-refractivity contribution is 9.10. The summed E-state index contributed by atoms with van der Waals surface area (Å²) in [6.07, 6.45) is 0. The normalized spacial score (nSPS) is 9.76. The van der Waals surface area contributed by atoms with Gasteiger partial charge < -0.3 is 15.4 Å². The molecule has 0 spiro atoms. The van der Waals surface area contributed by atoms with Gasteiger partial charge in [-0.25, -0.2) is 0 Å². The Bertz CT molecular complexity index is 406. The molecule has 0 radical (unpaired) electrons. The maximum absolute atomic E-state index is 11.5. The number of amides is 2. The quantitative estimate of drug-likeness (QED) is 0.873. The molecule has 92 valence electrons. The first-order chi connectivity index (χ1) is 7.99. The third-order valence-corrected chi connectivity index (χ3v) is 2.52. The minimum Gasteiger partial charge on any atom is -0.484 e. The Labute approximate surface area is 108 Å². The lowest BCUT2D eigenvalue weighted by molar-refractivity contribution is -0.135. The fraction of sp³-hybridized carbons (Fsp3) is 0.273. The van der Waals surface area contributed by atoms with Crippen molar-refractivity contribution in [2.75, 3.05) is 20.2 Å². The van der Waals surface area contributed by atoms with Crippen molar-refractivity contribution in [3.8, 4) is 5.75 Å². The summed E-state index contributed by atoms with van der Waals surface area (Å²) < 4.78 is 6.19. The summed E-state index contributed by atoms with van der Waals surface area (Å²) >= 11 is 3.29. The number of likely N-dealkylation sites (N-methyl/N-ethyl adjacent to an activating group) is 1. The van der Waals surface area contributed by atoms with Gasteiger partial charge in [-0.05, 0) is 24.3 Å². The topological polar surface area (TPSA) is 72.6 Å². The molecule has 0 unspecified atom stereocenters. The molecule has 2 amide bonds. The highest BCUT2D eigenvalue weighted by Gasteiger charge is 2.11. The van der Waals surface area contributed by atoms with E-state index in [-0.39, 0.29) is 19.1 Å². The maximum Gasteiger partial charge on any atom is 0.260 e. The Hall–Kier alpha value is -1.56. The van der Waals surface area contributed by atoms with Crippen molar-refractivity contribution in [3.05, 3.63) is 28.7 Å². The third kappa shape index (κ3) is 4.86. The van der Waals surface area contributed by atoms with Gasteiger partial charge >= 0.3 is 0 Å². The molecule has 17 heavy (non-hydrogen) atoms. The largest absolute Gasteiger partial charge is 0.484 e. The third-order valence-electron chi connectivity index (χ3n) is 1.99. The Balaban J connectivity index is 2.42. The molecule has 0 bridgehead atoms. The van der Waals surface area contributed by atoms with Gasteiger partial charge in [0.1, 0.15) is 5.75 Å². The van der Waals surface area contributed by atoms with Gasteiger partial charge in [-0.1, -0.05) is 15.9 Å². The molecule has 5 nitrogen and oxygen atoms in total. The Morgan fingerprint density at radius 2 is 1.94 bits per heavy atom. The second kappa shape index (κ2) is 6.24. The summed E-state index contributed by atoms with van der Waals surface area (Å²) in [4.78, 5) is 23.3. The molecule has 0 fully saturated rings. The van der Waals surface area contributed by atoms with Crippen LogP contribution in [0.3, 0.4) is 0 Å². The van der Waals surface area contributed by atoms with Crippen molar-refractivity contribution in [1.82, 2.24) is 4.90 Å². The molecule has 0 aliphatic heterocycles. The lowest BCUT2D eigenvalue weighted by Gasteiger charge is -2.15. The number of halogens is 1. The zero-order chi connectivity index (χ0) is 12.8. The van der Waals surface area contributed by atoms with E-state index in [1.54, 1.807) is 12.1 Å². The lowest BCUT2D eigenvalue weighted by Crippen LogP contribution is -2.38. The summed E-state index contributed by atoms with van der Waals surface area (Å²) in [7, 11) is 1.50. The van der Waals surface area contributed by atoms with E-state index in [0.717, 1.165) is 4.47 Å². The van der Waals surface area contributed by atoms with Crippen LogP contribution in [0, 0.1) is 0 Å². The molecule has 6 heteroatoms. The van der Waals surface area contributed by atoms with Crippen LogP contribution in [0.2, 0.25) is 0 Å². The molecule has 0 aromatic heterocycles. The second-order valence-electron chi connectivity index (χ2n) is 3.46. The van der Waals surface area contributed by atoms with Gasteiger partial charge in [-0.15, -0.1) is 0 Å². The number of ether oxygens (including phenoxy) is 1. The van der Waals surface area contributed by atoms with E-state index in [4.69, 9.17) is 10.5 Å². The number of primary amides is 1. The molecule has 0 saturated heterocycles. The first kappa shape index (κ1) is 13.5. The molecular weight excluding hydrogens is 288 g/mol. The van der Waals surface area contributed by atoms with E-state index in [1.807, 2.05) is 12.1 Å². The molecule has 1 aromatic carbocycles. The molecule has 0 saturated carbocycles. The number of benzene rings is 1. The number of rotatable bonds is 5. The molecule has 1 rings (SSSR count). The second-order valence-corrected chi connectivity index (χ2v) is 4.37. The van der Waals surface area contributed by atoms with Crippen LogP contribution in [0.4, 0.5) is 0 Å². The van der Waals surface area contributed by atoms with Gasteiger partial charge in [0, 0.05) is 11.5 Å². The highest BCUT2D eigenvalue weighted by atomic mass is 79.9. The van der Waals surface area contributed by atoms with Gasteiger partial charge in [0.25, 0.3) is 5.91 Å². The molecule has 0 aliphatic rings. The van der Waals surface area contributed by atoms with Crippen LogP contribution < -0.4 is 10.5 Å². The van der Waals surface area contributed by atoms with E-state index in [9.17, 15) is 9.59 Å². The smallest absolute Gasteiger partial charge is 0.260 e. The van der Waals surface area contributed by atoms with Gasteiger partial charge in [0.15, 0.2) is 6.61 Å². The molecular formula is C11H13BrN2O3. The van der Waals surface area contributed by atoms with Crippen LogP contribution in [-0.4, -0.2) is 36.9 Å². The highest BCUT2D eigenvalue weighted by Crippen LogP contribution is 2.15. The van der Waals surface area contributed by atoms with E-state index in [2.05, 4.69) is 15.9 Å². The number of carbonyl (C=O) groups is 2. The van der Waals surface area contributed by atoms with Gasteiger partial charge in [-0.3, -0.25) is 9.59 Å². The Morgan fingerprint density at radius 1 is 1.35 bits per heavy atom. The van der Waals surface area contributed by atoms with Gasteiger partial charge in [0.05, 0.1) is 6.54 Å². The Morgan fingerprint density at radius 3 is 2.47 bits per heavy atom. The first-order valence-electron chi connectivity index (χ1n) is 4.89. The van der Waals surface area contributed by atoms with Crippen molar-refractivity contribution in [2.45, 2.75) is 0 Å². The van der Waals surface area contributed by atoms with Crippen molar-refractivity contribution >= 4 is 27.7 Å². The van der Waals surface area contributed by atoms with Crippen LogP contribution in [0.15, 0.2) is 28.7 Å². The maximum atomic E-state index is 11.5. The average Bonchev–Trinajstić information content (AvgIpc) is 2.27. The molecule has 2 N–H and O–H groups in total. The van der Waals surface area contributed by atoms with Crippen molar-refractivity contribution < 1.29 is 14.3 Å². The lowest BCUT2D eigenvalue weighted by atomic mass is 10.3. The van der Waals surface area contributed by atoms with Crippen LogP contribution in [0.5, 0.6) is 5.75 Å². The van der Waals surface area contributed by atoms with Crippen molar-refractivity contribution in [1.29, 1.82) is 0 Å². The van der Waals surface area contributed by atoms with Gasteiger partial charge in [0.2, 0.25) is 5.91 Å². The first-order valence-corrected chi connectivity index (χ1v) is 5.69. The predicted molar refractivity (Wildman–Crippen MR) is 66.5 cm³/mol. The number of hydrogen-bond acceptors (Lipinski definition) is 3. The predicted octanol–water partition coefficient (Wildman–Crippen LogP) is 0.772. The summed E-state index contributed by atoms with van der Waals surface area (Å²) in [5.74, 6) is -0.259. The van der Waals surface area contributed by atoms with Gasteiger partial charge in [-0.2, -0.15) is 0 Å². The monoisotopic (exact) mass is 300 g/mol. The van der Waals surface area contributed by atoms with Crippen molar-refractivity contribution in [2.24, 2.45) is 5.73 Å². The SMILES string of the molecule is CN(CC(N)=O)C(=O)COc1ccc(Br)cc1. The summed E-state index contributed by atoms with van der Waals surface area (Å²) in [5.41, 5.74) is 4.98. The number of hydrogen-bond donors (Lipinski definition) is 1. The minimum absolute atomic E-state index is 0.109. The van der Waals surface area contributed by atoms with E-state index in [1.165, 1.54) is 11.9 Å².